The Balaban J connectivity index is 2.08. The number of nitrogens with zero attached hydrogens (tertiary/aromatic N) is 1. The maximum atomic E-state index is 5.78. The van der Waals surface area contributed by atoms with E-state index in [1.807, 2.05) is 24.4 Å². The molecule has 1 aromatic heterocycles. The van der Waals surface area contributed by atoms with Gasteiger partial charge >= 0.3 is 0 Å². The molecule has 0 spiro atoms. The standard InChI is InChI=1S/C12H11Br2NOS/c1-8-7-17-12(15-8)6-16-11-3-2-10(14)4-9(11)5-13/h2-4,7H,5-6H2,1H3. The Morgan fingerprint density at radius 2 is 2.24 bits per heavy atom. The highest BCUT2D eigenvalue weighted by Crippen LogP contribution is 2.26. The van der Waals surface area contributed by atoms with Gasteiger partial charge in [-0.05, 0) is 25.1 Å². The second kappa shape index (κ2) is 5.98. The van der Waals surface area contributed by atoms with Crippen molar-refractivity contribution in [2.75, 3.05) is 0 Å². The van der Waals surface area contributed by atoms with E-state index in [9.17, 15) is 0 Å². The highest BCUT2D eigenvalue weighted by atomic mass is 79.9. The lowest BCUT2D eigenvalue weighted by molar-refractivity contribution is 0.303. The summed E-state index contributed by atoms with van der Waals surface area (Å²) in [6.07, 6.45) is 0. The Bertz CT molecular complexity index is 513. The molecule has 0 saturated heterocycles. The van der Waals surface area contributed by atoms with Crippen molar-refractivity contribution in [2.24, 2.45) is 0 Å². The largest absolute Gasteiger partial charge is 0.486 e. The van der Waals surface area contributed by atoms with Crippen LogP contribution in [0.5, 0.6) is 5.75 Å². The molecule has 0 atom stereocenters. The molecule has 0 saturated carbocycles. The summed E-state index contributed by atoms with van der Waals surface area (Å²) in [6.45, 7) is 2.52. The summed E-state index contributed by atoms with van der Waals surface area (Å²) in [5, 5.41) is 3.82. The van der Waals surface area contributed by atoms with E-state index >= 15 is 0 Å². The number of alkyl halides is 1. The minimum atomic E-state index is 0.528. The molecular weight excluding hydrogens is 366 g/mol. The summed E-state index contributed by atoms with van der Waals surface area (Å²) < 4.78 is 6.84. The van der Waals surface area contributed by atoms with Gasteiger partial charge in [0.2, 0.25) is 0 Å². The van der Waals surface area contributed by atoms with Gasteiger partial charge in [0.25, 0.3) is 0 Å². The number of aryl methyl sites for hydroxylation is 1. The number of ether oxygens (including phenoxy) is 1. The molecule has 0 aliphatic heterocycles. The number of hydrogen-bond acceptors (Lipinski definition) is 3. The SMILES string of the molecule is Cc1csc(COc2ccc(Br)cc2CBr)n1. The van der Waals surface area contributed by atoms with Gasteiger partial charge in [-0.3, -0.25) is 0 Å². The first-order valence-electron chi connectivity index (χ1n) is 5.07. The summed E-state index contributed by atoms with van der Waals surface area (Å²) >= 11 is 8.54. The van der Waals surface area contributed by atoms with E-state index in [-0.39, 0.29) is 0 Å². The topological polar surface area (TPSA) is 22.1 Å². The summed E-state index contributed by atoms with van der Waals surface area (Å²) in [5.74, 6) is 0.901. The van der Waals surface area contributed by atoms with Crippen LogP contribution < -0.4 is 4.74 Å². The molecule has 5 heteroatoms. The van der Waals surface area contributed by atoms with Crippen molar-refractivity contribution >= 4 is 43.2 Å². The summed E-state index contributed by atoms with van der Waals surface area (Å²) in [5.41, 5.74) is 2.18. The molecule has 0 amide bonds. The van der Waals surface area contributed by atoms with Gasteiger partial charge < -0.3 is 4.74 Å². The molecule has 0 N–H and O–H groups in total. The van der Waals surface area contributed by atoms with Crippen molar-refractivity contribution in [3.63, 3.8) is 0 Å². The molecule has 2 aromatic rings. The summed E-state index contributed by atoms with van der Waals surface area (Å²) in [7, 11) is 0. The van der Waals surface area contributed by atoms with Crippen molar-refractivity contribution in [1.82, 2.24) is 4.98 Å². The third-order valence-electron chi connectivity index (χ3n) is 2.18. The molecule has 2 rings (SSSR count). The fraction of sp³-hybridized carbons (Fsp3) is 0.250. The molecule has 0 unspecified atom stereocenters. The average molecular weight is 377 g/mol. The van der Waals surface area contributed by atoms with Crippen molar-refractivity contribution in [2.45, 2.75) is 18.9 Å². The first kappa shape index (κ1) is 13.1. The van der Waals surface area contributed by atoms with Crippen LogP contribution in [0.2, 0.25) is 0 Å². The van der Waals surface area contributed by atoms with E-state index in [1.165, 1.54) is 0 Å². The number of hydrogen-bond donors (Lipinski definition) is 0. The highest BCUT2D eigenvalue weighted by molar-refractivity contribution is 9.10. The number of rotatable bonds is 4. The van der Waals surface area contributed by atoms with Crippen molar-refractivity contribution < 1.29 is 4.74 Å². The molecular formula is C12H11Br2NOS. The van der Waals surface area contributed by atoms with E-state index in [0.29, 0.717) is 6.61 Å². The Kier molecular flexibility index (Phi) is 4.59. The van der Waals surface area contributed by atoms with Gasteiger partial charge in [-0.15, -0.1) is 11.3 Å². The van der Waals surface area contributed by atoms with Crippen LogP contribution in [-0.4, -0.2) is 4.98 Å². The van der Waals surface area contributed by atoms with Crippen LogP contribution in [0.25, 0.3) is 0 Å². The zero-order valence-corrected chi connectivity index (χ0v) is 13.2. The molecule has 0 aliphatic rings. The highest BCUT2D eigenvalue weighted by Gasteiger charge is 2.05. The van der Waals surface area contributed by atoms with Crippen LogP contribution in [0.15, 0.2) is 28.1 Å². The minimum Gasteiger partial charge on any atom is -0.486 e. The molecule has 0 aliphatic carbocycles. The quantitative estimate of drug-likeness (QED) is 0.722. The number of benzene rings is 1. The van der Waals surface area contributed by atoms with Crippen LogP contribution in [0.1, 0.15) is 16.3 Å². The molecule has 0 fully saturated rings. The maximum absolute atomic E-state index is 5.78. The lowest BCUT2D eigenvalue weighted by Gasteiger charge is -2.09. The van der Waals surface area contributed by atoms with Gasteiger partial charge in [-0.2, -0.15) is 0 Å². The fourth-order valence-electron chi connectivity index (χ4n) is 1.40. The lowest BCUT2D eigenvalue weighted by atomic mass is 10.2. The Hall–Kier alpha value is -0.390. The van der Waals surface area contributed by atoms with Crippen LogP contribution in [0.4, 0.5) is 0 Å². The first-order valence-corrected chi connectivity index (χ1v) is 7.86. The van der Waals surface area contributed by atoms with Gasteiger partial charge in [-0.25, -0.2) is 4.98 Å². The van der Waals surface area contributed by atoms with Gasteiger partial charge in [-0.1, -0.05) is 31.9 Å². The first-order chi connectivity index (χ1) is 8.19. The Morgan fingerprint density at radius 1 is 1.41 bits per heavy atom. The second-order valence-corrected chi connectivity index (χ2v) is 5.98. The van der Waals surface area contributed by atoms with Crippen molar-refractivity contribution in [3.05, 3.63) is 44.3 Å². The van der Waals surface area contributed by atoms with Gasteiger partial charge in [0.1, 0.15) is 17.4 Å². The molecule has 0 radical (unpaired) electrons. The second-order valence-electron chi connectivity index (χ2n) is 3.56. The molecule has 1 heterocycles. The molecule has 17 heavy (non-hydrogen) atoms. The van der Waals surface area contributed by atoms with Gasteiger partial charge in [0, 0.05) is 26.4 Å². The predicted molar refractivity (Wildman–Crippen MR) is 78.0 cm³/mol. The van der Waals surface area contributed by atoms with Gasteiger partial charge in [0.15, 0.2) is 0 Å². The molecule has 90 valence electrons. The van der Waals surface area contributed by atoms with E-state index in [2.05, 4.69) is 42.9 Å². The summed E-state index contributed by atoms with van der Waals surface area (Å²) in [6, 6.07) is 6.01. The number of halogens is 2. The van der Waals surface area contributed by atoms with E-state index < -0.39 is 0 Å². The summed E-state index contributed by atoms with van der Waals surface area (Å²) in [4.78, 5) is 4.37. The molecule has 0 bridgehead atoms. The Morgan fingerprint density at radius 3 is 2.88 bits per heavy atom. The maximum Gasteiger partial charge on any atom is 0.140 e. The Labute approximate surface area is 121 Å². The number of aromatic nitrogens is 1. The van der Waals surface area contributed by atoms with Crippen molar-refractivity contribution in [1.29, 1.82) is 0 Å². The van der Waals surface area contributed by atoms with Crippen LogP contribution in [0.3, 0.4) is 0 Å². The van der Waals surface area contributed by atoms with Crippen LogP contribution >= 0.6 is 43.2 Å². The zero-order valence-electron chi connectivity index (χ0n) is 9.24. The predicted octanol–water partition coefficient (Wildman–Crippen LogP) is 4.69. The smallest absolute Gasteiger partial charge is 0.140 e. The molecule has 1 aromatic carbocycles. The van der Waals surface area contributed by atoms with E-state index in [1.54, 1.807) is 11.3 Å². The van der Waals surface area contributed by atoms with Crippen LogP contribution in [-0.2, 0) is 11.9 Å². The number of thiazole rings is 1. The van der Waals surface area contributed by atoms with Gasteiger partial charge in [0.05, 0.1) is 0 Å². The third kappa shape index (κ3) is 3.53. The normalized spacial score (nSPS) is 10.5. The monoisotopic (exact) mass is 375 g/mol. The average Bonchev–Trinajstić information content (AvgIpc) is 2.73. The van der Waals surface area contributed by atoms with Crippen molar-refractivity contribution in [3.8, 4) is 5.75 Å². The minimum absolute atomic E-state index is 0.528. The van der Waals surface area contributed by atoms with E-state index in [0.717, 1.165) is 31.8 Å². The fourth-order valence-corrected chi connectivity index (χ4v) is 2.93. The third-order valence-corrected chi connectivity index (χ3v) is 4.22. The zero-order chi connectivity index (χ0) is 12.3. The van der Waals surface area contributed by atoms with Crippen LogP contribution in [0, 0.1) is 6.92 Å². The van der Waals surface area contributed by atoms with E-state index in [4.69, 9.17) is 4.74 Å². The lowest BCUT2D eigenvalue weighted by Crippen LogP contribution is -1.97. The molecule has 2 nitrogen and oxygen atoms in total.